The van der Waals surface area contributed by atoms with Crippen molar-refractivity contribution in [1.29, 1.82) is 0 Å². The van der Waals surface area contributed by atoms with E-state index in [2.05, 4.69) is 42.3 Å². The second-order valence-corrected chi connectivity index (χ2v) is 8.04. The number of aliphatic hydroxyl groups excluding tert-OH is 2. The van der Waals surface area contributed by atoms with Gasteiger partial charge in [-0.05, 0) is 20.3 Å². The zero-order valence-electron chi connectivity index (χ0n) is 15.8. The predicted molar refractivity (Wildman–Crippen MR) is 95.9 cm³/mol. The SMILES string of the molecule is C.CC(C)OCC(O)C[N+](C)(C)C.CCC(O)C[N+](C)(C)C. The normalized spacial score (nSPS) is 14.7. The Balaban J connectivity index is -0.000000326. The van der Waals surface area contributed by atoms with Gasteiger partial charge in [0.25, 0.3) is 0 Å². The molecule has 0 bridgehead atoms. The molecule has 0 spiro atoms. The molecule has 0 fully saturated rings. The molecule has 0 saturated carbocycles. The van der Waals surface area contributed by atoms with Crippen LogP contribution in [-0.4, -0.2) is 99.5 Å². The maximum absolute atomic E-state index is 9.49. The minimum atomic E-state index is -0.354. The number of aliphatic hydroxyl groups is 2. The summed E-state index contributed by atoms with van der Waals surface area (Å²) in [6.45, 7) is 7.95. The highest BCUT2D eigenvalue weighted by molar-refractivity contribution is 4.52. The van der Waals surface area contributed by atoms with Gasteiger partial charge in [-0.25, -0.2) is 0 Å². The number of likely N-dealkylation sites (N-methyl/N-ethyl adjacent to an activating group) is 2. The van der Waals surface area contributed by atoms with E-state index in [4.69, 9.17) is 4.74 Å². The van der Waals surface area contributed by atoms with Crippen molar-refractivity contribution in [3.63, 3.8) is 0 Å². The van der Waals surface area contributed by atoms with E-state index < -0.39 is 0 Å². The Morgan fingerprint density at radius 2 is 1.18 bits per heavy atom. The summed E-state index contributed by atoms with van der Waals surface area (Å²) in [5, 5.41) is 18.7. The van der Waals surface area contributed by atoms with Gasteiger partial charge in [-0.2, -0.15) is 0 Å². The summed E-state index contributed by atoms with van der Waals surface area (Å²) < 4.78 is 6.90. The van der Waals surface area contributed by atoms with Crippen LogP contribution < -0.4 is 0 Å². The number of quaternary nitrogens is 2. The third kappa shape index (κ3) is 24.8. The number of nitrogens with zero attached hydrogens (tertiary/aromatic N) is 2. The topological polar surface area (TPSA) is 49.7 Å². The molecule has 138 valence electrons. The van der Waals surface area contributed by atoms with E-state index in [-0.39, 0.29) is 25.7 Å². The molecule has 0 amide bonds. The minimum Gasteiger partial charge on any atom is -0.387 e. The van der Waals surface area contributed by atoms with Gasteiger partial charge >= 0.3 is 0 Å². The second kappa shape index (κ2) is 12.3. The van der Waals surface area contributed by atoms with Gasteiger partial charge in [0.05, 0.1) is 55.0 Å². The zero-order valence-corrected chi connectivity index (χ0v) is 15.8. The van der Waals surface area contributed by atoms with Crippen LogP contribution in [-0.2, 0) is 4.74 Å². The van der Waals surface area contributed by atoms with E-state index in [0.29, 0.717) is 6.61 Å². The molecule has 0 aliphatic heterocycles. The molecule has 0 rings (SSSR count). The molecular formula is C17H44N2O3+2. The van der Waals surface area contributed by atoms with Gasteiger partial charge < -0.3 is 23.9 Å². The van der Waals surface area contributed by atoms with Crippen LogP contribution >= 0.6 is 0 Å². The lowest BCUT2D eigenvalue weighted by Gasteiger charge is -2.26. The van der Waals surface area contributed by atoms with Crippen molar-refractivity contribution in [2.45, 2.75) is 52.9 Å². The molecule has 0 aromatic rings. The van der Waals surface area contributed by atoms with E-state index in [1.54, 1.807) is 0 Å². The third-order valence-corrected chi connectivity index (χ3v) is 2.61. The van der Waals surface area contributed by atoms with Gasteiger partial charge in [0.1, 0.15) is 25.3 Å². The molecule has 0 radical (unpaired) electrons. The molecule has 0 aromatic heterocycles. The van der Waals surface area contributed by atoms with Gasteiger partial charge in [0.2, 0.25) is 0 Å². The minimum absolute atomic E-state index is 0. The number of ether oxygens (including phenoxy) is 1. The summed E-state index contributed by atoms with van der Waals surface area (Å²) in [7, 11) is 12.4. The van der Waals surface area contributed by atoms with Crippen LogP contribution in [0.5, 0.6) is 0 Å². The molecule has 0 saturated heterocycles. The van der Waals surface area contributed by atoms with Crippen molar-refractivity contribution < 1.29 is 23.9 Å². The van der Waals surface area contributed by atoms with Crippen LogP contribution in [0, 0.1) is 0 Å². The summed E-state index contributed by atoms with van der Waals surface area (Å²) in [6, 6.07) is 0. The van der Waals surface area contributed by atoms with Gasteiger partial charge in [0.15, 0.2) is 0 Å². The fourth-order valence-electron chi connectivity index (χ4n) is 1.75. The number of hydrogen-bond donors (Lipinski definition) is 2. The first-order valence-electron chi connectivity index (χ1n) is 7.85. The maximum Gasteiger partial charge on any atom is 0.126 e. The quantitative estimate of drug-likeness (QED) is 0.667. The summed E-state index contributed by atoms with van der Waals surface area (Å²) in [6.07, 6.45) is 0.569. The zero-order chi connectivity index (χ0) is 17.3. The molecule has 0 aliphatic carbocycles. The summed E-state index contributed by atoms with van der Waals surface area (Å²) in [5.74, 6) is 0. The second-order valence-electron chi connectivity index (χ2n) is 8.04. The van der Waals surface area contributed by atoms with Crippen molar-refractivity contribution in [2.75, 3.05) is 62.0 Å². The highest BCUT2D eigenvalue weighted by Crippen LogP contribution is 1.98. The Morgan fingerprint density at radius 1 is 0.818 bits per heavy atom. The summed E-state index contributed by atoms with van der Waals surface area (Å²) in [5.41, 5.74) is 0. The summed E-state index contributed by atoms with van der Waals surface area (Å²) in [4.78, 5) is 0. The first kappa shape index (κ1) is 26.7. The van der Waals surface area contributed by atoms with E-state index in [9.17, 15) is 10.2 Å². The Bertz CT molecular complexity index is 245. The van der Waals surface area contributed by atoms with Gasteiger partial charge in [-0.15, -0.1) is 0 Å². The lowest BCUT2D eigenvalue weighted by Crippen LogP contribution is -2.43. The molecule has 2 unspecified atom stereocenters. The first-order chi connectivity index (χ1) is 9.26. The Kier molecular flexibility index (Phi) is 14.9. The Hall–Kier alpha value is -0.200. The molecule has 0 aliphatic rings. The molecule has 5 nitrogen and oxygen atoms in total. The van der Waals surface area contributed by atoms with Crippen molar-refractivity contribution in [2.24, 2.45) is 0 Å². The smallest absolute Gasteiger partial charge is 0.126 e. The van der Waals surface area contributed by atoms with Crippen molar-refractivity contribution in [3.05, 3.63) is 0 Å². The molecule has 0 aromatic carbocycles. The van der Waals surface area contributed by atoms with E-state index in [1.165, 1.54) is 0 Å². The van der Waals surface area contributed by atoms with Crippen molar-refractivity contribution in [1.82, 2.24) is 0 Å². The van der Waals surface area contributed by atoms with Crippen LogP contribution in [0.3, 0.4) is 0 Å². The van der Waals surface area contributed by atoms with Crippen LogP contribution in [0.2, 0.25) is 0 Å². The number of hydrogen-bond acceptors (Lipinski definition) is 3. The van der Waals surface area contributed by atoms with E-state index in [1.807, 2.05) is 20.8 Å². The fraction of sp³-hybridized carbons (Fsp3) is 1.00. The largest absolute Gasteiger partial charge is 0.387 e. The summed E-state index contributed by atoms with van der Waals surface area (Å²) >= 11 is 0. The maximum atomic E-state index is 9.49. The highest BCUT2D eigenvalue weighted by Gasteiger charge is 2.15. The van der Waals surface area contributed by atoms with E-state index >= 15 is 0 Å². The van der Waals surface area contributed by atoms with Crippen LogP contribution in [0.1, 0.15) is 34.6 Å². The van der Waals surface area contributed by atoms with Crippen LogP contribution in [0.25, 0.3) is 0 Å². The van der Waals surface area contributed by atoms with Crippen molar-refractivity contribution in [3.8, 4) is 0 Å². The monoisotopic (exact) mass is 324 g/mol. The molecule has 22 heavy (non-hydrogen) atoms. The van der Waals surface area contributed by atoms with E-state index in [0.717, 1.165) is 28.5 Å². The molecule has 0 heterocycles. The Morgan fingerprint density at radius 3 is 1.41 bits per heavy atom. The van der Waals surface area contributed by atoms with Crippen LogP contribution in [0.4, 0.5) is 0 Å². The van der Waals surface area contributed by atoms with Gasteiger partial charge in [0, 0.05) is 0 Å². The number of rotatable bonds is 8. The molecular weight excluding hydrogens is 280 g/mol. The standard InChI is InChI=1S/C9H22NO2.C7H18NO.CH4/c1-8(2)12-7-9(11)6-10(3,4)5;1-5-7(9)6-8(2,3)4;/h8-9,11H,6-7H2,1-5H3;7,9H,5-6H2,1-4H3;1H4/q2*+1;. The first-order valence-corrected chi connectivity index (χ1v) is 7.85. The fourth-order valence-corrected chi connectivity index (χ4v) is 1.75. The van der Waals surface area contributed by atoms with Crippen LogP contribution in [0.15, 0.2) is 0 Å². The molecule has 2 N–H and O–H groups in total. The lowest BCUT2D eigenvalue weighted by atomic mass is 10.2. The van der Waals surface area contributed by atoms with Gasteiger partial charge in [-0.1, -0.05) is 14.4 Å². The Labute approximate surface area is 139 Å². The average molecular weight is 325 g/mol. The highest BCUT2D eigenvalue weighted by atomic mass is 16.5. The third-order valence-electron chi connectivity index (χ3n) is 2.61. The lowest BCUT2D eigenvalue weighted by molar-refractivity contribution is -0.873. The predicted octanol–water partition coefficient (Wildman–Crippen LogP) is 1.58. The van der Waals surface area contributed by atoms with Crippen molar-refractivity contribution >= 4 is 0 Å². The average Bonchev–Trinajstić information content (AvgIpc) is 2.22. The van der Waals surface area contributed by atoms with Gasteiger partial charge in [-0.3, -0.25) is 0 Å². The molecule has 5 heteroatoms. The molecule has 2 atom stereocenters.